The summed E-state index contributed by atoms with van der Waals surface area (Å²) in [5.41, 5.74) is 0.940. The summed E-state index contributed by atoms with van der Waals surface area (Å²) < 4.78 is 24.4. The predicted octanol–water partition coefficient (Wildman–Crippen LogP) is 5.57. The molecule has 0 fully saturated rings. The molecule has 0 unspecified atom stereocenters. The van der Waals surface area contributed by atoms with Gasteiger partial charge in [0, 0.05) is 11.4 Å². The van der Waals surface area contributed by atoms with Gasteiger partial charge in [0.05, 0.1) is 19.3 Å². The third kappa shape index (κ3) is 8.48. The average molecular weight is 640 g/mol. The fourth-order valence-electron chi connectivity index (χ4n) is 4.94. The number of ether oxygens (including phenoxy) is 3. The summed E-state index contributed by atoms with van der Waals surface area (Å²) in [6.07, 6.45) is 0.598. The van der Waals surface area contributed by atoms with Gasteiger partial charge in [0.2, 0.25) is 0 Å². The van der Waals surface area contributed by atoms with Crippen molar-refractivity contribution in [1.82, 2.24) is 0 Å². The minimum Gasteiger partial charge on any atom is -0.463 e. The molecule has 3 rings (SSSR count). The van der Waals surface area contributed by atoms with Gasteiger partial charge in [-0.15, -0.1) is 0 Å². The van der Waals surface area contributed by atoms with Crippen LogP contribution in [0.4, 0.5) is 0 Å². The summed E-state index contributed by atoms with van der Waals surface area (Å²) in [4.78, 5) is 24.2. The molecule has 0 aliphatic carbocycles. The van der Waals surface area contributed by atoms with Gasteiger partial charge in [0.1, 0.15) is 6.10 Å². The largest absolute Gasteiger partial charge is 0.463 e. The Kier molecular flexibility index (Phi) is 12.5. The first-order valence-corrected chi connectivity index (χ1v) is 16.7. The Labute approximate surface area is 252 Å². The van der Waals surface area contributed by atoms with Gasteiger partial charge in [-0.25, -0.2) is 4.79 Å². The highest BCUT2D eigenvalue weighted by Crippen LogP contribution is 2.38. The van der Waals surface area contributed by atoms with Crippen molar-refractivity contribution in [2.75, 3.05) is 11.9 Å². The lowest BCUT2D eigenvalue weighted by molar-refractivity contribution is -0.148. The Morgan fingerprint density at radius 3 is 1.90 bits per heavy atom. The van der Waals surface area contributed by atoms with Crippen molar-refractivity contribution in [3.8, 4) is 0 Å². The van der Waals surface area contributed by atoms with Crippen molar-refractivity contribution in [2.24, 2.45) is 0 Å². The second-order valence-corrected chi connectivity index (χ2v) is 15.4. The van der Waals surface area contributed by atoms with E-state index in [1.807, 2.05) is 66.7 Å². The molecule has 218 valence electrons. The van der Waals surface area contributed by atoms with E-state index in [0.717, 1.165) is 15.9 Å². The molecule has 0 saturated carbocycles. The number of hydrogen-bond donors (Lipinski definition) is 0. The molecule has 8 heteroatoms. The van der Waals surface area contributed by atoms with Crippen molar-refractivity contribution in [3.63, 3.8) is 0 Å². The van der Waals surface area contributed by atoms with Crippen LogP contribution in [0.1, 0.15) is 33.3 Å². The van der Waals surface area contributed by atoms with E-state index < -0.39 is 32.6 Å². The van der Waals surface area contributed by atoms with E-state index in [1.54, 1.807) is 13.0 Å². The normalized spacial score (nSPS) is 14.3. The molecule has 3 aromatic rings. The van der Waals surface area contributed by atoms with E-state index in [0.29, 0.717) is 11.8 Å². The van der Waals surface area contributed by atoms with E-state index >= 15 is 0 Å². The smallest absolute Gasteiger partial charge is 0.330 e. The zero-order valence-corrected chi connectivity index (χ0v) is 26.7. The molecule has 0 spiro atoms. The van der Waals surface area contributed by atoms with Crippen molar-refractivity contribution >= 4 is 47.1 Å². The molecular weight excluding hydrogens is 600 g/mol. The van der Waals surface area contributed by atoms with Crippen LogP contribution in [-0.2, 0) is 34.8 Å². The number of alkyl halides is 1. The molecule has 0 aliphatic rings. The SMILES string of the molecule is CCOC(=O)/C=C/[C@H](OCc1ccccc1)[C@H](OC=O)[C@@H](CBr)O[Si](c1ccccc1)(c1ccccc1)C(C)(C)C. The van der Waals surface area contributed by atoms with E-state index in [9.17, 15) is 9.59 Å². The van der Waals surface area contributed by atoms with Crippen LogP contribution >= 0.6 is 15.9 Å². The molecule has 0 bridgehead atoms. The van der Waals surface area contributed by atoms with Crippen LogP contribution in [0.15, 0.2) is 103 Å². The Hall–Kier alpha value is -3.04. The molecule has 0 N–H and O–H groups in total. The fourth-order valence-corrected chi connectivity index (χ4v) is 10.4. The maximum Gasteiger partial charge on any atom is 0.330 e. The molecule has 0 aliphatic heterocycles. The van der Waals surface area contributed by atoms with Crippen LogP contribution in [0.5, 0.6) is 0 Å². The lowest BCUT2D eigenvalue weighted by atomic mass is 10.1. The van der Waals surface area contributed by atoms with Crippen LogP contribution in [0.3, 0.4) is 0 Å². The number of rotatable bonds is 15. The monoisotopic (exact) mass is 638 g/mol. The number of benzene rings is 3. The highest BCUT2D eigenvalue weighted by Gasteiger charge is 2.52. The summed E-state index contributed by atoms with van der Waals surface area (Å²) in [6, 6.07) is 30.2. The van der Waals surface area contributed by atoms with Gasteiger partial charge >= 0.3 is 5.97 Å². The Morgan fingerprint density at radius 2 is 1.44 bits per heavy atom. The van der Waals surface area contributed by atoms with Crippen molar-refractivity contribution in [2.45, 2.75) is 57.7 Å². The number of carbonyl (C=O) groups excluding carboxylic acids is 2. The van der Waals surface area contributed by atoms with Gasteiger partial charge in [-0.1, -0.05) is 128 Å². The molecule has 0 saturated heterocycles. The fraction of sp³-hybridized carbons (Fsp3) is 0.333. The van der Waals surface area contributed by atoms with Crippen molar-refractivity contribution < 1.29 is 28.2 Å². The Morgan fingerprint density at radius 1 is 0.902 bits per heavy atom. The summed E-state index contributed by atoms with van der Waals surface area (Å²) in [5, 5.41) is 2.24. The highest BCUT2D eigenvalue weighted by atomic mass is 79.9. The zero-order valence-electron chi connectivity index (χ0n) is 24.1. The molecule has 3 atom stereocenters. The summed E-state index contributed by atoms with van der Waals surface area (Å²) in [6.45, 7) is 9.19. The van der Waals surface area contributed by atoms with Gasteiger partial charge in [0.25, 0.3) is 14.8 Å². The first kappa shape index (κ1) is 32.5. The van der Waals surface area contributed by atoms with Crippen LogP contribution < -0.4 is 10.4 Å². The molecule has 41 heavy (non-hydrogen) atoms. The van der Waals surface area contributed by atoms with E-state index in [1.165, 1.54) is 6.08 Å². The van der Waals surface area contributed by atoms with Gasteiger partial charge in [-0.05, 0) is 34.0 Å². The minimum absolute atomic E-state index is 0.242. The lowest BCUT2D eigenvalue weighted by Gasteiger charge is -2.46. The Balaban J connectivity index is 2.10. The lowest BCUT2D eigenvalue weighted by Crippen LogP contribution is -2.69. The standard InChI is InChI=1S/C33H39BrO6Si/c1-5-37-31(36)22-21-29(38-24-26-15-9-6-10-16-26)32(39-25-35)30(23-34)40-41(33(2,3)4,27-17-11-7-12-18-27)28-19-13-8-14-20-28/h6-22,25,29-30,32H,5,23-24H2,1-4H3/b22-21+/t29-,30+,32-/m0/s1. The minimum atomic E-state index is -3.01. The number of carbonyl (C=O) groups is 2. The summed E-state index contributed by atoms with van der Waals surface area (Å²) in [5.74, 6) is -0.506. The summed E-state index contributed by atoms with van der Waals surface area (Å²) in [7, 11) is -3.01. The maximum atomic E-state index is 12.3. The van der Waals surface area contributed by atoms with Crippen LogP contribution in [0, 0.1) is 0 Å². The topological polar surface area (TPSA) is 71.1 Å². The quantitative estimate of drug-likeness (QED) is 0.0712. The van der Waals surface area contributed by atoms with Crippen molar-refractivity contribution in [1.29, 1.82) is 0 Å². The molecule has 0 heterocycles. The third-order valence-corrected chi connectivity index (χ3v) is 12.5. The van der Waals surface area contributed by atoms with E-state index in [-0.39, 0.29) is 18.3 Å². The highest BCUT2D eigenvalue weighted by molar-refractivity contribution is 9.09. The van der Waals surface area contributed by atoms with Crippen LogP contribution in [0.2, 0.25) is 5.04 Å². The molecular formula is C33H39BrO6Si. The molecule has 3 aromatic carbocycles. The second kappa shape index (κ2) is 15.8. The second-order valence-electron chi connectivity index (χ2n) is 10.5. The van der Waals surface area contributed by atoms with Crippen LogP contribution in [-0.4, -0.2) is 51.0 Å². The van der Waals surface area contributed by atoms with Gasteiger partial charge in [-0.3, -0.25) is 4.79 Å². The Bertz CT molecular complexity index is 1190. The number of hydrogen-bond acceptors (Lipinski definition) is 6. The van der Waals surface area contributed by atoms with Gasteiger partial charge in [0.15, 0.2) is 6.10 Å². The first-order valence-electron chi connectivity index (χ1n) is 13.7. The average Bonchev–Trinajstić information content (AvgIpc) is 2.98. The third-order valence-electron chi connectivity index (χ3n) is 6.79. The van der Waals surface area contributed by atoms with Gasteiger partial charge < -0.3 is 18.6 Å². The zero-order chi connectivity index (χ0) is 29.7. The first-order chi connectivity index (χ1) is 19.8. The molecule has 0 aromatic heterocycles. The molecule has 0 radical (unpaired) electrons. The van der Waals surface area contributed by atoms with Crippen molar-refractivity contribution in [3.05, 3.63) is 109 Å². The number of halogens is 1. The van der Waals surface area contributed by atoms with E-state index in [4.69, 9.17) is 18.6 Å². The maximum absolute atomic E-state index is 12.3. The molecule has 0 amide bonds. The van der Waals surface area contributed by atoms with Gasteiger partial charge in [-0.2, -0.15) is 0 Å². The summed E-state index contributed by atoms with van der Waals surface area (Å²) >= 11 is 3.65. The molecule has 6 nitrogen and oxygen atoms in total. The van der Waals surface area contributed by atoms with Crippen LogP contribution in [0.25, 0.3) is 0 Å². The number of esters is 1. The predicted molar refractivity (Wildman–Crippen MR) is 168 cm³/mol. The van der Waals surface area contributed by atoms with E-state index in [2.05, 4.69) is 61.0 Å².